The molecule has 0 aliphatic rings. The molecule has 0 unspecified atom stereocenters. The highest BCUT2D eigenvalue weighted by molar-refractivity contribution is 5.81. The number of carbonyl (C=O) groups excluding carboxylic acids is 1. The Hall–Kier alpha value is -2.29. The number of ether oxygens (including phenoxy) is 1. The van der Waals surface area contributed by atoms with Crippen LogP contribution in [-0.4, -0.2) is 23.5 Å². The van der Waals surface area contributed by atoms with Crippen LogP contribution in [0.25, 0.3) is 0 Å². The summed E-state index contributed by atoms with van der Waals surface area (Å²) in [4.78, 5) is 14.6. The average molecular weight is 297 g/mol. The van der Waals surface area contributed by atoms with E-state index >= 15 is 0 Å². The number of amides is 1. The molecule has 0 saturated carbocycles. The summed E-state index contributed by atoms with van der Waals surface area (Å²) in [7, 11) is 0. The highest BCUT2D eigenvalue weighted by Crippen LogP contribution is 2.15. The normalized spacial score (nSPS) is 11.7. The zero-order valence-corrected chi connectivity index (χ0v) is 13.2. The Balaban J connectivity index is 2.05. The summed E-state index contributed by atoms with van der Waals surface area (Å²) < 4.78 is 5.85. The largest absolute Gasteiger partial charge is 0.481 e. The molecule has 0 saturated heterocycles. The Morgan fingerprint density at radius 3 is 2.14 bits per heavy atom. The first-order valence-electron chi connectivity index (χ1n) is 7.79. The zero-order valence-electron chi connectivity index (χ0n) is 13.2. The molecule has 1 amide bonds. The maximum Gasteiger partial charge on any atom is 0.263 e. The number of rotatable bonds is 7. The average Bonchev–Trinajstić information content (AvgIpc) is 2.59. The lowest BCUT2D eigenvalue weighted by atomic mass is 10.2. The zero-order chi connectivity index (χ0) is 15.8. The molecular formula is C19H23NO2. The van der Waals surface area contributed by atoms with Crippen LogP contribution in [0.5, 0.6) is 5.75 Å². The highest BCUT2D eigenvalue weighted by atomic mass is 16.5. The van der Waals surface area contributed by atoms with Gasteiger partial charge < -0.3 is 9.64 Å². The van der Waals surface area contributed by atoms with Gasteiger partial charge in [-0.1, -0.05) is 55.5 Å². The Labute approximate surface area is 132 Å². The SMILES string of the molecule is CC[C@H](Oc1ccccc1)C(=O)N(CC)Cc1ccccc1. The van der Waals surface area contributed by atoms with Crippen molar-refractivity contribution in [1.82, 2.24) is 4.90 Å². The summed E-state index contributed by atoms with van der Waals surface area (Å²) in [5.41, 5.74) is 1.13. The molecule has 0 heterocycles. The quantitative estimate of drug-likeness (QED) is 0.776. The van der Waals surface area contributed by atoms with E-state index in [0.29, 0.717) is 19.5 Å². The number of hydrogen-bond acceptors (Lipinski definition) is 2. The molecular weight excluding hydrogens is 274 g/mol. The van der Waals surface area contributed by atoms with Crippen molar-refractivity contribution in [1.29, 1.82) is 0 Å². The number of likely N-dealkylation sites (N-methyl/N-ethyl adjacent to an activating group) is 1. The van der Waals surface area contributed by atoms with Gasteiger partial charge in [-0.05, 0) is 31.0 Å². The standard InChI is InChI=1S/C19H23NO2/c1-3-18(22-17-13-9-6-10-14-17)19(21)20(4-2)15-16-11-7-5-8-12-16/h5-14,18H,3-4,15H2,1-2H3/t18-/m0/s1. The molecule has 0 aliphatic carbocycles. The van der Waals surface area contributed by atoms with Crippen LogP contribution in [0, 0.1) is 0 Å². The minimum Gasteiger partial charge on any atom is -0.481 e. The van der Waals surface area contributed by atoms with E-state index in [0.717, 1.165) is 11.3 Å². The molecule has 22 heavy (non-hydrogen) atoms. The van der Waals surface area contributed by atoms with E-state index in [9.17, 15) is 4.79 Å². The van der Waals surface area contributed by atoms with E-state index in [4.69, 9.17) is 4.74 Å². The Kier molecular flexibility index (Phi) is 6.01. The lowest BCUT2D eigenvalue weighted by Gasteiger charge is -2.26. The maximum atomic E-state index is 12.7. The third kappa shape index (κ3) is 4.35. The first kappa shape index (κ1) is 16.1. The van der Waals surface area contributed by atoms with E-state index in [2.05, 4.69) is 0 Å². The van der Waals surface area contributed by atoms with Gasteiger partial charge in [-0.3, -0.25) is 4.79 Å². The minimum atomic E-state index is -0.439. The van der Waals surface area contributed by atoms with E-state index in [1.807, 2.05) is 79.4 Å². The summed E-state index contributed by atoms with van der Waals surface area (Å²) in [5.74, 6) is 0.774. The van der Waals surface area contributed by atoms with Crippen molar-refractivity contribution < 1.29 is 9.53 Å². The highest BCUT2D eigenvalue weighted by Gasteiger charge is 2.23. The van der Waals surface area contributed by atoms with Crippen molar-refractivity contribution in [3.63, 3.8) is 0 Å². The van der Waals surface area contributed by atoms with Gasteiger partial charge in [-0.15, -0.1) is 0 Å². The summed E-state index contributed by atoms with van der Waals surface area (Å²) in [5, 5.41) is 0. The number of benzene rings is 2. The van der Waals surface area contributed by atoms with Gasteiger partial charge in [0.05, 0.1) is 0 Å². The molecule has 2 aromatic rings. The summed E-state index contributed by atoms with van der Waals surface area (Å²) in [6, 6.07) is 19.5. The van der Waals surface area contributed by atoms with Crippen LogP contribution < -0.4 is 4.74 Å². The topological polar surface area (TPSA) is 29.5 Å². The molecule has 0 aromatic heterocycles. The maximum absolute atomic E-state index is 12.7. The van der Waals surface area contributed by atoms with Crippen LogP contribution in [0.1, 0.15) is 25.8 Å². The second-order valence-corrected chi connectivity index (χ2v) is 5.17. The summed E-state index contributed by atoms with van der Waals surface area (Å²) >= 11 is 0. The molecule has 3 heteroatoms. The molecule has 0 N–H and O–H groups in total. The van der Waals surface area contributed by atoms with Gasteiger partial charge in [-0.2, -0.15) is 0 Å². The van der Waals surface area contributed by atoms with Crippen molar-refractivity contribution in [3.05, 3.63) is 66.2 Å². The number of para-hydroxylation sites is 1. The Bertz CT molecular complexity index is 517. The Morgan fingerprint density at radius 2 is 1.59 bits per heavy atom. The van der Waals surface area contributed by atoms with Crippen molar-refractivity contribution in [2.24, 2.45) is 0 Å². The van der Waals surface area contributed by atoms with Crippen LogP contribution in [0.2, 0.25) is 0 Å². The van der Waals surface area contributed by atoms with E-state index < -0.39 is 6.10 Å². The number of nitrogens with zero attached hydrogens (tertiary/aromatic N) is 1. The van der Waals surface area contributed by atoms with Gasteiger partial charge in [0, 0.05) is 13.1 Å². The molecule has 0 fully saturated rings. The minimum absolute atomic E-state index is 0.0395. The fourth-order valence-corrected chi connectivity index (χ4v) is 2.32. The fraction of sp³-hybridized carbons (Fsp3) is 0.316. The van der Waals surface area contributed by atoms with Crippen LogP contribution in [0.3, 0.4) is 0 Å². The van der Waals surface area contributed by atoms with Crippen LogP contribution >= 0.6 is 0 Å². The number of hydrogen-bond donors (Lipinski definition) is 0. The summed E-state index contributed by atoms with van der Waals surface area (Å²) in [6.45, 7) is 5.26. The lowest BCUT2D eigenvalue weighted by molar-refractivity contribution is -0.139. The van der Waals surface area contributed by atoms with Crippen LogP contribution in [0.15, 0.2) is 60.7 Å². The van der Waals surface area contributed by atoms with Gasteiger partial charge >= 0.3 is 0 Å². The smallest absolute Gasteiger partial charge is 0.263 e. The monoisotopic (exact) mass is 297 g/mol. The molecule has 2 aromatic carbocycles. The number of carbonyl (C=O) groups is 1. The fourth-order valence-electron chi connectivity index (χ4n) is 2.32. The third-order valence-electron chi connectivity index (χ3n) is 3.58. The van der Waals surface area contributed by atoms with Crippen molar-refractivity contribution in [2.75, 3.05) is 6.54 Å². The van der Waals surface area contributed by atoms with Crippen molar-refractivity contribution >= 4 is 5.91 Å². The first-order valence-corrected chi connectivity index (χ1v) is 7.79. The summed E-state index contributed by atoms with van der Waals surface area (Å²) in [6.07, 6.45) is 0.213. The van der Waals surface area contributed by atoms with Crippen molar-refractivity contribution in [2.45, 2.75) is 32.9 Å². The molecule has 0 spiro atoms. The van der Waals surface area contributed by atoms with Gasteiger partial charge in [0.15, 0.2) is 6.10 Å². The lowest BCUT2D eigenvalue weighted by Crippen LogP contribution is -2.41. The predicted molar refractivity (Wildman–Crippen MR) is 88.7 cm³/mol. The van der Waals surface area contributed by atoms with Gasteiger partial charge in [-0.25, -0.2) is 0 Å². The van der Waals surface area contributed by atoms with Gasteiger partial charge in [0.1, 0.15) is 5.75 Å². The Morgan fingerprint density at radius 1 is 1.00 bits per heavy atom. The third-order valence-corrected chi connectivity index (χ3v) is 3.58. The molecule has 2 rings (SSSR count). The van der Waals surface area contributed by atoms with Crippen LogP contribution in [-0.2, 0) is 11.3 Å². The van der Waals surface area contributed by atoms with Crippen LogP contribution in [0.4, 0.5) is 0 Å². The second-order valence-electron chi connectivity index (χ2n) is 5.17. The van der Waals surface area contributed by atoms with Gasteiger partial charge in [0.2, 0.25) is 0 Å². The van der Waals surface area contributed by atoms with E-state index in [-0.39, 0.29) is 5.91 Å². The molecule has 116 valence electrons. The van der Waals surface area contributed by atoms with Crippen molar-refractivity contribution in [3.8, 4) is 5.75 Å². The second kappa shape index (κ2) is 8.23. The predicted octanol–water partition coefficient (Wildman–Crippen LogP) is 3.89. The molecule has 3 nitrogen and oxygen atoms in total. The van der Waals surface area contributed by atoms with Gasteiger partial charge in [0.25, 0.3) is 5.91 Å². The first-order chi connectivity index (χ1) is 10.7. The van der Waals surface area contributed by atoms with E-state index in [1.165, 1.54) is 0 Å². The molecule has 0 bridgehead atoms. The molecule has 0 radical (unpaired) electrons. The molecule has 1 atom stereocenters. The van der Waals surface area contributed by atoms with E-state index in [1.54, 1.807) is 0 Å². The molecule has 0 aliphatic heterocycles.